The summed E-state index contributed by atoms with van der Waals surface area (Å²) in [5.74, 6) is 1.39. The summed E-state index contributed by atoms with van der Waals surface area (Å²) in [4.78, 5) is 8.98. The second kappa shape index (κ2) is 8.31. The number of hydrogen-bond donors (Lipinski definition) is 3. The number of rotatable bonds is 8. The Bertz CT molecular complexity index is 952. The summed E-state index contributed by atoms with van der Waals surface area (Å²) in [7, 11) is 0. The molecule has 1 aromatic carbocycles. The number of nitrogens with zero attached hydrogens (tertiary/aromatic N) is 3. The highest BCUT2D eigenvalue weighted by Crippen LogP contribution is 2.32. The van der Waals surface area contributed by atoms with Gasteiger partial charge in [-0.1, -0.05) is 0 Å². The first-order chi connectivity index (χ1) is 14.1. The average molecular weight is 388 g/mol. The van der Waals surface area contributed by atoms with E-state index in [0.717, 1.165) is 35.4 Å². The normalized spacial score (nSPS) is 20.9. The Labute approximate surface area is 170 Å². The van der Waals surface area contributed by atoms with Gasteiger partial charge in [0.1, 0.15) is 11.9 Å². The molecule has 2 fully saturated rings. The molecule has 0 amide bonds. The fourth-order valence-corrected chi connectivity index (χ4v) is 3.15. The van der Waals surface area contributed by atoms with Crippen molar-refractivity contribution in [2.24, 2.45) is 5.92 Å². The van der Waals surface area contributed by atoms with Crippen molar-refractivity contribution < 1.29 is 4.74 Å². The largest absolute Gasteiger partial charge is 0.490 e. The van der Waals surface area contributed by atoms with Crippen molar-refractivity contribution in [3.8, 4) is 23.1 Å². The molecule has 0 atom stereocenters. The van der Waals surface area contributed by atoms with Gasteiger partial charge in [-0.05, 0) is 49.6 Å². The molecule has 2 aliphatic carbocycles. The van der Waals surface area contributed by atoms with Crippen LogP contribution in [0.5, 0.6) is 5.75 Å². The van der Waals surface area contributed by atoms with E-state index in [0.29, 0.717) is 17.7 Å². The number of nitrogens with one attached hydrogen (secondary N) is 3. The van der Waals surface area contributed by atoms with Gasteiger partial charge in [0, 0.05) is 43.1 Å². The van der Waals surface area contributed by atoms with Crippen LogP contribution in [0.25, 0.3) is 11.3 Å². The van der Waals surface area contributed by atoms with Gasteiger partial charge in [0.05, 0.1) is 23.4 Å². The zero-order valence-electron chi connectivity index (χ0n) is 16.4. The van der Waals surface area contributed by atoms with E-state index in [1.165, 1.54) is 19.1 Å². The van der Waals surface area contributed by atoms with E-state index in [4.69, 9.17) is 15.4 Å². The predicted molar refractivity (Wildman–Crippen MR) is 112 cm³/mol. The van der Waals surface area contributed by atoms with Gasteiger partial charge in [0.2, 0.25) is 5.95 Å². The maximum atomic E-state index is 8.87. The summed E-state index contributed by atoms with van der Waals surface area (Å²) in [6.07, 6.45) is 8.92. The summed E-state index contributed by atoms with van der Waals surface area (Å²) < 4.78 is 5.91. The Morgan fingerprint density at radius 2 is 2.03 bits per heavy atom. The molecule has 7 nitrogen and oxygen atoms in total. The molecule has 2 aliphatic rings. The smallest absolute Gasteiger partial charge is 0.227 e. The van der Waals surface area contributed by atoms with Crippen LogP contribution in [0.1, 0.15) is 31.2 Å². The minimum absolute atomic E-state index is 0.133. The molecule has 1 heterocycles. The van der Waals surface area contributed by atoms with Gasteiger partial charge in [-0.15, -0.1) is 0 Å². The molecular formula is C22H24N6O. The number of ether oxygens (including phenoxy) is 1. The van der Waals surface area contributed by atoms with Crippen molar-refractivity contribution in [3.63, 3.8) is 0 Å². The number of benzene rings is 1. The highest BCUT2D eigenvalue weighted by Gasteiger charge is 2.30. The molecule has 0 bridgehead atoms. The minimum Gasteiger partial charge on any atom is -0.490 e. The summed E-state index contributed by atoms with van der Waals surface area (Å²) in [5, 5.41) is 22.8. The maximum absolute atomic E-state index is 8.87. The Balaban J connectivity index is 1.44. The van der Waals surface area contributed by atoms with E-state index in [2.05, 4.69) is 26.7 Å². The topological polar surface area (TPSA) is 107 Å². The van der Waals surface area contributed by atoms with Crippen molar-refractivity contribution in [2.45, 2.75) is 44.8 Å². The van der Waals surface area contributed by atoms with Gasteiger partial charge in [0.15, 0.2) is 0 Å². The monoisotopic (exact) mass is 388 g/mol. The second-order valence-corrected chi connectivity index (χ2v) is 7.60. The van der Waals surface area contributed by atoms with Gasteiger partial charge in [-0.3, -0.25) is 0 Å². The molecule has 148 valence electrons. The van der Waals surface area contributed by atoms with Crippen LogP contribution in [0, 0.1) is 29.6 Å². The first kappa shape index (κ1) is 18.9. The predicted octanol–water partition coefficient (Wildman–Crippen LogP) is 3.79. The van der Waals surface area contributed by atoms with Crippen LogP contribution in [0.4, 0.5) is 5.95 Å². The minimum atomic E-state index is 0.133. The summed E-state index contributed by atoms with van der Waals surface area (Å²) in [6, 6.07) is 10.6. The lowest BCUT2D eigenvalue weighted by Gasteiger charge is -2.30. The third-order valence-corrected chi connectivity index (χ3v) is 5.14. The van der Waals surface area contributed by atoms with E-state index in [1.54, 1.807) is 12.4 Å². The van der Waals surface area contributed by atoms with Gasteiger partial charge in [0.25, 0.3) is 0 Å². The Hall–Kier alpha value is -3.40. The molecule has 3 N–H and O–H groups in total. The zero-order chi connectivity index (χ0) is 20.2. The third kappa shape index (κ3) is 4.72. The van der Waals surface area contributed by atoms with Crippen molar-refractivity contribution in [3.05, 3.63) is 47.9 Å². The van der Waals surface area contributed by atoms with Crippen LogP contribution in [-0.4, -0.2) is 28.3 Å². The summed E-state index contributed by atoms with van der Waals surface area (Å²) >= 11 is 0. The highest BCUT2D eigenvalue weighted by molar-refractivity contribution is 5.79. The SMILES string of the molecule is Cc1cnc(N/C(C=N)=C/NC2CC2)nc1-c1ccc(OC2CC(C#N)C2)cc1. The fraction of sp³-hybridized carbons (Fsp3) is 0.364. The van der Waals surface area contributed by atoms with Gasteiger partial charge < -0.3 is 20.8 Å². The Morgan fingerprint density at radius 3 is 2.69 bits per heavy atom. The maximum Gasteiger partial charge on any atom is 0.227 e. The molecule has 4 rings (SSSR count). The molecule has 0 spiro atoms. The lowest BCUT2D eigenvalue weighted by Crippen LogP contribution is -2.32. The molecule has 0 saturated heterocycles. The molecule has 0 unspecified atom stereocenters. The van der Waals surface area contributed by atoms with Crippen LogP contribution in [0.15, 0.2) is 42.4 Å². The third-order valence-electron chi connectivity index (χ3n) is 5.14. The van der Waals surface area contributed by atoms with Gasteiger partial charge in [-0.2, -0.15) is 5.26 Å². The molecule has 0 radical (unpaired) electrons. The standard InChI is InChI=1S/C22H24N6O/c1-14-12-26-22(27-18(11-24)13-25-17-4-5-17)28-21(14)16-2-6-19(7-3-16)29-20-8-15(9-20)10-23/h2-3,6-7,11-13,15,17,20,24-25H,4-5,8-9H2,1H3,(H,26,27,28)/b18-13+,24-11?. The molecule has 2 saturated carbocycles. The number of aryl methyl sites for hydroxylation is 1. The summed E-state index contributed by atoms with van der Waals surface area (Å²) in [5.41, 5.74) is 3.39. The van der Waals surface area contributed by atoms with Crippen molar-refractivity contribution in [1.29, 1.82) is 10.7 Å². The lowest BCUT2D eigenvalue weighted by atomic mass is 9.83. The van der Waals surface area contributed by atoms with Crippen LogP contribution in [-0.2, 0) is 0 Å². The average Bonchev–Trinajstić information content (AvgIpc) is 3.54. The van der Waals surface area contributed by atoms with E-state index in [-0.39, 0.29) is 12.0 Å². The number of nitriles is 1. The van der Waals surface area contributed by atoms with Crippen molar-refractivity contribution >= 4 is 12.2 Å². The quantitative estimate of drug-likeness (QED) is 0.594. The molecule has 1 aromatic heterocycles. The second-order valence-electron chi connectivity index (χ2n) is 7.60. The van der Waals surface area contributed by atoms with E-state index >= 15 is 0 Å². The van der Waals surface area contributed by atoms with E-state index in [9.17, 15) is 0 Å². The van der Waals surface area contributed by atoms with Crippen LogP contribution in [0.2, 0.25) is 0 Å². The molecule has 29 heavy (non-hydrogen) atoms. The first-order valence-electron chi connectivity index (χ1n) is 9.88. The Morgan fingerprint density at radius 1 is 1.28 bits per heavy atom. The van der Waals surface area contributed by atoms with Gasteiger partial charge >= 0.3 is 0 Å². The molecule has 7 heteroatoms. The number of aromatic nitrogens is 2. The number of hydrogen-bond acceptors (Lipinski definition) is 7. The lowest BCUT2D eigenvalue weighted by molar-refractivity contribution is 0.0893. The van der Waals surface area contributed by atoms with E-state index < -0.39 is 0 Å². The molecule has 0 aliphatic heterocycles. The van der Waals surface area contributed by atoms with Gasteiger partial charge in [-0.25, -0.2) is 9.97 Å². The van der Waals surface area contributed by atoms with Crippen molar-refractivity contribution in [2.75, 3.05) is 5.32 Å². The highest BCUT2D eigenvalue weighted by atomic mass is 16.5. The molecular weight excluding hydrogens is 364 g/mol. The Kier molecular flexibility index (Phi) is 5.43. The zero-order valence-corrected chi connectivity index (χ0v) is 16.4. The van der Waals surface area contributed by atoms with Crippen LogP contribution in [0.3, 0.4) is 0 Å². The van der Waals surface area contributed by atoms with Crippen molar-refractivity contribution in [1.82, 2.24) is 15.3 Å². The number of allylic oxidation sites excluding steroid dienone is 1. The number of anilines is 1. The first-order valence-corrected chi connectivity index (χ1v) is 9.88. The van der Waals surface area contributed by atoms with Crippen LogP contribution >= 0.6 is 0 Å². The molecule has 2 aromatic rings. The van der Waals surface area contributed by atoms with Crippen LogP contribution < -0.4 is 15.4 Å². The van der Waals surface area contributed by atoms with E-state index in [1.807, 2.05) is 31.2 Å². The fourth-order valence-electron chi connectivity index (χ4n) is 3.15. The summed E-state index contributed by atoms with van der Waals surface area (Å²) in [6.45, 7) is 1.97.